The molecule has 2 aromatic heterocycles. The quantitative estimate of drug-likeness (QED) is 0.706. The molecule has 0 saturated heterocycles. The Balaban J connectivity index is 1.68. The summed E-state index contributed by atoms with van der Waals surface area (Å²) in [7, 11) is 1.37. The molecule has 3 rings (SSSR count). The van der Waals surface area contributed by atoms with E-state index in [9.17, 15) is 8.78 Å². The Morgan fingerprint density at radius 2 is 2.12 bits per heavy atom. The van der Waals surface area contributed by atoms with Crippen molar-refractivity contribution in [1.29, 1.82) is 0 Å². The van der Waals surface area contributed by atoms with E-state index >= 15 is 0 Å². The van der Waals surface area contributed by atoms with Gasteiger partial charge in [-0.15, -0.1) is 0 Å². The first kappa shape index (κ1) is 15.8. The predicted octanol–water partition coefficient (Wildman–Crippen LogP) is 3.55. The van der Waals surface area contributed by atoms with Gasteiger partial charge in [0.25, 0.3) is 0 Å². The van der Waals surface area contributed by atoms with Crippen molar-refractivity contribution in [3.8, 4) is 23.1 Å². The summed E-state index contributed by atoms with van der Waals surface area (Å²) in [4.78, 5) is 4.16. The lowest BCUT2D eigenvalue weighted by atomic mass is 10.2. The van der Waals surface area contributed by atoms with E-state index in [1.54, 1.807) is 18.2 Å². The van der Waals surface area contributed by atoms with Gasteiger partial charge in [0.2, 0.25) is 11.7 Å². The highest BCUT2D eigenvalue weighted by atomic mass is 19.3. The van der Waals surface area contributed by atoms with Crippen LogP contribution in [0.5, 0.6) is 11.5 Å². The number of hydrogen-bond donors (Lipinski definition) is 1. The lowest BCUT2D eigenvalue weighted by molar-refractivity contribution is -0.0511. The largest absolute Gasteiger partial charge is 0.493 e. The van der Waals surface area contributed by atoms with Gasteiger partial charge in [0.05, 0.1) is 19.9 Å². The summed E-state index contributed by atoms with van der Waals surface area (Å²) in [5.74, 6) is 1.27. The van der Waals surface area contributed by atoms with Gasteiger partial charge in [0, 0.05) is 11.8 Å². The molecule has 0 spiro atoms. The Labute approximate surface area is 135 Å². The minimum atomic E-state index is -2.94. The average Bonchev–Trinajstić information content (AvgIpc) is 3.24. The van der Waals surface area contributed by atoms with Gasteiger partial charge in [-0.25, -0.2) is 0 Å². The SMILES string of the molecule is COc1ccc(NCc2nc(-c3ccco3)no2)cc1OC(F)F. The minimum absolute atomic E-state index is 0.0701. The Hall–Kier alpha value is -3.10. The highest BCUT2D eigenvalue weighted by molar-refractivity contribution is 5.54. The van der Waals surface area contributed by atoms with Gasteiger partial charge in [-0.3, -0.25) is 0 Å². The van der Waals surface area contributed by atoms with Crippen LogP contribution in [-0.2, 0) is 6.54 Å². The zero-order chi connectivity index (χ0) is 16.9. The lowest BCUT2D eigenvalue weighted by Crippen LogP contribution is -2.05. The van der Waals surface area contributed by atoms with E-state index in [1.807, 2.05) is 0 Å². The molecule has 0 aliphatic heterocycles. The molecule has 3 aromatic rings. The monoisotopic (exact) mass is 337 g/mol. The summed E-state index contributed by atoms with van der Waals surface area (Å²) in [6, 6.07) is 7.99. The number of benzene rings is 1. The van der Waals surface area contributed by atoms with E-state index in [1.165, 1.54) is 25.5 Å². The standard InChI is InChI=1S/C15H13F2N3O4/c1-21-10-5-4-9(7-12(10)23-15(16)17)18-8-13-19-14(20-24-13)11-3-2-6-22-11/h2-7,15,18H,8H2,1H3. The second-order valence-electron chi connectivity index (χ2n) is 4.59. The van der Waals surface area contributed by atoms with E-state index in [4.69, 9.17) is 13.7 Å². The molecule has 7 nitrogen and oxygen atoms in total. The zero-order valence-electron chi connectivity index (χ0n) is 12.5. The first-order valence-corrected chi connectivity index (χ1v) is 6.89. The van der Waals surface area contributed by atoms with Crippen molar-refractivity contribution in [3.63, 3.8) is 0 Å². The Bertz CT molecular complexity index is 790. The van der Waals surface area contributed by atoms with Crippen molar-refractivity contribution in [3.05, 3.63) is 42.5 Å². The maximum absolute atomic E-state index is 12.4. The maximum Gasteiger partial charge on any atom is 0.387 e. The van der Waals surface area contributed by atoms with Gasteiger partial charge in [0.1, 0.15) is 0 Å². The fourth-order valence-electron chi connectivity index (χ4n) is 1.98. The number of anilines is 1. The topological polar surface area (TPSA) is 82.5 Å². The van der Waals surface area contributed by atoms with Crippen molar-refractivity contribution in [2.45, 2.75) is 13.2 Å². The zero-order valence-corrected chi connectivity index (χ0v) is 12.5. The number of methoxy groups -OCH3 is 1. The van der Waals surface area contributed by atoms with Crippen LogP contribution in [0.1, 0.15) is 5.89 Å². The molecule has 0 atom stereocenters. The molecule has 0 amide bonds. The molecule has 24 heavy (non-hydrogen) atoms. The molecule has 0 saturated carbocycles. The van der Waals surface area contributed by atoms with Crippen LogP contribution >= 0.6 is 0 Å². The van der Waals surface area contributed by atoms with Crippen molar-refractivity contribution in [2.24, 2.45) is 0 Å². The van der Waals surface area contributed by atoms with Crippen LogP contribution in [0.4, 0.5) is 14.5 Å². The first-order valence-electron chi connectivity index (χ1n) is 6.89. The van der Waals surface area contributed by atoms with Gasteiger partial charge >= 0.3 is 6.61 Å². The number of nitrogens with zero attached hydrogens (tertiary/aromatic N) is 2. The highest BCUT2D eigenvalue weighted by Crippen LogP contribution is 2.31. The Morgan fingerprint density at radius 3 is 2.83 bits per heavy atom. The van der Waals surface area contributed by atoms with Crippen LogP contribution in [0.15, 0.2) is 45.5 Å². The van der Waals surface area contributed by atoms with Gasteiger partial charge in [-0.1, -0.05) is 5.16 Å². The molecular formula is C15H13F2N3O4. The van der Waals surface area contributed by atoms with Crippen LogP contribution in [0.25, 0.3) is 11.6 Å². The summed E-state index contributed by atoms with van der Waals surface area (Å²) >= 11 is 0. The van der Waals surface area contributed by atoms with E-state index in [0.717, 1.165) is 0 Å². The lowest BCUT2D eigenvalue weighted by Gasteiger charge is -2.12. The van der Waals surface area contributed by atoms with Crippen LogP contribution in [-0.4, -0.2) is 23.9 Å². The summed E-state index contributed by atoms with van der Waals surface area (Å²) in [5.41, 5.74) is 0.532. The second-order valence-corrected chi connectivity index (χ2v) is 4.59. The summed E-state index contributed by atoms with van der Waals surface area (Å²) in [6.45, 7) is -2.74. The molecule has 126 valence electrons. The van der Waals surface area contributed by atoms with Crippen molar-refractivity contribution >= 4 is 5.69 Å². The summed E-state index contributed by atoms with van der Waals surface area (Å²) in [5, 5.41) is 6.77. The smallest absolute Gasteiger partial charge is 0.387 e. The minimum Gasteiger partial charge on any atom is -0.493 e. The number of furan rings is 1. The molecule has 1 aromatic carbocycles. The molecule has 9 heteroatoms. The fourth-order valence-corrected chi connectivity index (χ4v) is 1.98. The third-order valence-electron chi connectivity index (χ3n) is 3.03. The number of nitrogens with one attached hydrogen (secondary N) is 1. The molecule has 0 aliphatic rings. The highest BCUT2D eigenvalue weighted by Gasteiger charge is 2.13. The molecule has 0 unspecified atom stereocenters. The summed E-state index contributed by atoms with van der Waals surface area (Å²) < 4.78 is 44.5. The third-order valence-corrected chi connectivity index (χ3v) is 3.03. The van der Waals surface area contributed by atoms with Gasteiger partial charge in [-0.2, -0.15) is 13.8 Å². The van der Waals surface area contributed by atoms with Crippen molar-refractivity contribution < 1.29 is 27.2 Å². The number of halogens is 2. The molecule has 1 N–H and O–H groups in total. The fraction of sp³-hybridized carbons (Fsp3) is 0.200. The van der Waals surface area contributed by atoms with E-state index < -0.39 is 6.61 Å². The molecule has 0 aliphatic carbocycles. The number of hydrogen-bond acceptors (Lipinski definition) is 7. The number of rotatable bonds is 7. The van der Waals surface area contributed by atoms with Crippen LogP contribution in [0.3, 0.4) is 0 Å². The van der Waals surface area contributed by atoms with Gasteiger partial charge in [-0.05, 0) is 24.3 Å². The van der Waals surface area contributed by atoms with Gasteiger partial charge in [0.15, 0.2) is 17.3 Å². The number of alkyl halides is 2. The van der Waals surface area contributed by atoms with E-state index in [-0.39, 0.29) is 18.0 Å². The van der Waals surface area contributed by atoms with Crippen LogP contribution in [0, 0.1) is 0 Å². The maximum atomic E-state index is 12.4. The molecule has 0 bridgehead atoms. The molecule has 0 fully saturated rings. The second kappa shape index (κ2) is 6.99. The number of aromatic nitrogens is 2. The number of ether oxygens (including phenoxy) is 2. The van der Waals surface area contributed by atoms with Crippen molar-refractivity contribution in [2.75, 3.05) is 12.4 Å². The van der Waals surface area contributed by atoms with Gasteiger partial charge < -0.3 is 23.7 Å². The average molecular weight is 337 g/mol. The third kappa shape index (κ3) is 3.62. The Kier molecular flexibility index (Phi) is 4.59. The Morgan fingerprint density at radius 1 is 1.25 bits per heavy atom. The predicted molar refractivity (Wildman–Crippen MR) is 79.0 cm³/mol. The normalized spacial score (nSPS) is 10.8. The van der Waals surface area contributed by atoms with Crippen LogP contribution < -0.4 is 14.8 Å². The van der Waals surface area contributed by atoms with Crippen LogP contribution in [0.2, 0.25) is 0 Å². The van der Waals surface area contributed by atoms with E-state index in [2.05, 4.69) is 20.2 Å². The molecule has 0 radical (unpaired) electrons. The molecule has 2 heterocycles. The first-order chi connectivity index (χ1) is 11.7. The van der Waals surface area contributed by atoms with Crippen molar-refractivity contribution in [1.82, 2.24) is 10.1 Å². The molecular weight excluding hydrogens is 324 g/mol. The summed E-state index contributed by atoms with van der Waals surface area (Å²) in [6.07, 6.45) is 1.51. The van der Waals surface area contributed by atoms with E-state index in [0.29, 0.717) is 23.2 Å².